The third-order valence-electron chi connectivity index (χ3n) is 8.13. The summed E-state index contributed by atoms with van der Waals surface area (Å²) in [6, 6.07) is 10.2. The smallest absolute Gasteiger partial charge is 0.265 e. The molecule has 226 valence electrons. The van der Waals surface area contributed by atoms with Gasteiger partial charge in [0.1, 0.15) is 5.82 Å². The van der Waals surface area contributed by atoms with Gasteiger partial charge in [0.15, 0.2) is 5.82 Å². The number of pyridine rings is 1. The summed E-state index contributed by atoms with van der Waals surface area (Å²) in [5.41, 5.74) is 8.38. The molecule has 1 aliphatic carbocycles. The number of nitrogen functional groups attached to an aromatic ring is 1. The third-order valence-corrected chi connectivity index (χ3v) is 8.13. The second-order valence-electron chi connectivity index (χ2n) is 11.1. The monoisotopic (exact) mass is 597 g/mol. The fourth-order valence-electron chi connectivity index (χ4n) is 5.68. The molecule has 4 heterocycles. The number of nitrogens with one attached hydrogen (secondary N) is 1. The molecule has 0 unspecified atom stereocenters. The van der Waals surface area contributed by atoms with E-state index < -0.39 is 18.0 Å². The van der Waals surface area contributed by atoms with Crippen LogP contribution in [-0.4, -0.2) is 72.2 Å². The Labute approximate surface area is 252 Å². The highest BCUT2D eigenvalue weighted by Crippen LogP contribution is 2.41. The minimum Gasteiger partial charge on any atom is -0.392 e. The standard InChI is InChI=1S/C31H32FN9O3/c32-25-15-21(19-4-5-19)14-20-6-7-41(29(43)27(20)25)26-3-1-2-23(24(26)18-42)28-36-30(33)38-31(37-28)35-22-16-34-40(17-22)9-8-39-10-12-44-13-11-39/h1-3,6-7,14-17,19,42H,4-5,8-13,18H2,(H3,33,35,36,37,38). The van der Waals surface area contributed by atoms with Gasteiger partial charge in [-0.1, -0.05) is 18.2 Å². The molecule has 0 bridgehead atoms. The Morgan fingerprint density at radius 1 is 1.09 bits per heavy atom. The van der Waals surface area contributed by atoms with Crippen molar-refractivity contribution < 1.29 is 14.2 Å². The molecule has 3 aromatic heterocycles. The number of nitrogens with two attached hydrogens (primary N) is 1. The number of morpholine rings is 1. The summed E-state index contributed by atoms with van der Waals surface area (Å²) in [6.07, 6.45) is 7.21. The molecule has 1 saturated carbocycles. The Morgan fingerprint density at radius 2 is 1.93 bits per heavy atom. The van der Waals surface area contributed by atoms with Crippen LogP contribution in [0.15, 0.2) is 59.8 Å². The number of anilines is 3. The minimum atomic E-state index is -0.546. The number of ether oxygens (including phenoxy) is 1. The number of nitrogens with zero attached hydrogens (tertiary/aromatic N) is 7. The van der Waals surface area contributed by atoms with Crippen molar-refractivity contribution in [2.75, 3.05) is 43.9 Å². The lowest BCUT2D eigenvalue weighted by atomic mass is 10.0. The summed E-state index contributed by atoms with van der Waals surface area (Å²) in [7, 11) is 0. The van der Waals surface area contributed by atoms with Crippen molar-refractivity contribution >= 4 is 28.4 Å². The summed E-state index contributed by atoms with van der Waals surface area (Å²) < 4.78 is 23.8. The minimum absolute atomic E-state index is 0.00701. The number of fused-ring (bicyclic) bond motifs is 1. The van der Waals surface area contributed by atoms with E-state index in [0.29, 0.717) is 33.8 Å². The van der Waals surface area contributed by atoms with Crippen LogP contribution in [0.25, 0.3) is 27.8 Å². The van der Waals surface area contributed by atoms with Crippen molar-refractivity contribution in [2.45, 2.75) is 31.9 Å². The summed E-state index contributed by atoms with van der Waals surface area (Å²) in [4.78, 5) is 29.0. The molecule has 0 radical (unpaired) electrons. The molecule has 4 N–H and O–H groups in total. The molecule has 0 spiro atoms. The maximum Gasteiger partial charge on any atom is 0.265 e. The maximum absolute atomic E-state index is 15.2. The molecule has 7 rings (SSSR count). The van der Waals surface area contributed by atoms with E-state index >= 15 is 4.39 Å². The molecule has 2 aliphatic rings. The average Bonchev–Trinajstić information content (AvgIpc) is 3.79. The van der Waals surface area contributed by atoms with Crippen LogP contribution in [-0.2, 0) is 17.9 Å². The third kappa shape index (κ3) is 5.64. The van der Waals surface area contributed by atoms with Crippen molar-refractivity contribution in [1.29, 1.82) is 0 Å². The number of benzene rings is 2. The van der Waals surface area contributed by atoms with E-state index in [0.717, 1.165) is 57.8 Å². The van der Waals surface area contributed by atoms with Crippen LogP contribution < -0.4 is 16.6 Å². The van der Waals surface area contributed by atoms with Crippen LogP contribution in [0, 0.1) is 5.82 Å². The van der Waals surface area contributed by atoms with Crippen LogP contribution in [0.3, 0.4) is 0 Å². The normalized spacial score (nSPS) is 15.6. The zero-order valence-corrected chi connectivity index (χ0v) is 24.0. The van der Waals surface area contributed by atoms with E-state index in [2.05, 4.69) is 30.3 Å². The van der Waals surface area contributed by atoms with E-state index in [-0.39, 0.29) is 23.1 Å². The number of halogens is 1. The van der Waals surface area contributed by atoms with Crippen LogP contribution in [0.4, 0.5) is 22.0 Å². The van der Waals surface area contributed by atoms with E-state index in [1.165, 1.54) is 10.6 Å². The molecule has 2 fully saturated rings. The lowest BCUT2D eigenvalue weighted by molar-refractivity contribution is 0.0360. The number of hydrogen-bond donors (Lipinski definition) is 3. The van der Waals surface area contributed by atoms with Gasteiger partial charge in [-0.15, -0.1) is 0 Å². The Kier molecular flexibility index (Phi) is 7.50. The quantitative estimate of drug-likeness (QED) is 0.231. The molecule has 0 amide bonds. The zero-order chi connectivity index (χ0) is 30.2. The topological polar surface area (TPSA) is 149 Å². The van der Waals surface area contributed by atoms with E-state index in [1.807, 2.05) is 16.9 Å². The summed E-state index contributed by atoms with van der Waals surface area (Å²) in [5.74, 6) is 0.196. The van der Waals surface area contributed by atoms with E-state index in [9.17, 15) is 9.90 Å². The number of hydrogen-bond acceptors (Lipinski definition) is 10. The molecule has 0 atom stereocenters. The Morgan fingerprint density at radius 3 is 2.73 bits per heavy atom. The summed E-state index contributed by atoms with van der Waals surface area (Å²) in [6.45, 7) is 4.46. The van der Waals surface area contributed by atoms with E-state index in [4.69, 9.17) is 10.5 Å². The molecule has 12 nitrogen and oxygen atoms in total. The molecule has 1 aliphatic heterocycles. The van der Waals surface area contributed by atoms with Crippen LogP contribution in [0.2, 0.25) is 0 Å². The predicted molar refractivity (Wildman–Crippen MR) is 163 cm³/mol. The van der Waals surface area contributed by atoms with Crippen molar-refractivity contribution in [3.63, 3.8) is 0 Å². The highest BCUT2D eigenvalue weighted by atomic mass is 19.1. The van der Waals surface area contributed by atoms with Gasteiger partial charge in [-0.25, -0.2) is 4.39 Å². The van der Waals surface area contributed by atoms with Gasteiger partial charge in [-0.3, -0.25) is 18.9 Å². The van der Waals surface area contributed by atoms with Gasteiger partial charge in [0.2, 0.25) is 11.9 Å². The lowest BCUT2D eigenvalue weighted by Crippen LogP contribution is -2.38. The number of rotatable bonds is 9. The Hall–Kier alpha value is -4.72. The number of aliphatic hydroxyl groups is 1. The fraction of sp³-hybridized carbons (Fsp3) is 0.323. The Balaban J connectivity index is 1.18. The van der Waals surface area contributed by atoms with Crippen LogP contribution in [0.1, 0.15) is 29.9 Å². The largest absolute Gasteiger partial charge is 0.392 e. The highest BCUT2D eigenvalue weighted by Gasteiger charge is 2.25. The molecular weight excluding hydrogens is 565 g/mol. The summed E-state index contributed by atoms with van der Waals surface area (Å²) in [5, 5.41) is 18.6. The SMILES string of the molecule is Nc1nc(Nc2cnn(CCN3CCOCC3)c2)nc(-c2cccc(-n3ccc4cc(C5CC5)cc(F)c4c3=O)c2CO)n1. The van der Waals surface area contributed by atoms with Crippen molar-refractivity contribution in [2.24, 2.45) is 0 Å². The van der Waals surface area contributed by atoms with Gasteiger partial charge in [0.25, 0.3) is 5.56 Å². The van der Waals surface area contributed by atoms with Crippen LogP contribution in [0.5, 0.6) is 0 Å². The van der Waals surface area contributed by atoms with Gasteiger partial charge in [-0.2, -0.15) is 20.1 Å². The maximum atomic E-state index is 15.2. The molecule has 13 heteroatoms. The molecular formula is C31H32FN9O3. The molecule has 44 heavy (non-hydrogen) atoms. The molecule has 1 saturated heterocycles. The lowest BCUT2D eigenvalue weighted by Gasteiger charge is -2.26. The van der Waals surface area contributed by atoms with Crippen molar-refractivity contribution in [3.8, 4) is 17.1 Å². The second-order valence-corrected chi connectivity index (χ2v) is 11.1. The second kappa shape index (κ2) is 11.8. The Bertz CT molecular complexity index is 1900. The first-order chi connectivity index (χ1) is 21.5. The first-order valence-corrected chi connectivity index (χ1v) is 14.7. The van der Waals surface area contributed by atoms with E-state index in [1.54, 1.807) is 36.7 Å². The first kappa shape index (κ1) is 28.1. The summed E-state index contributed by atoms with van der Waals surface area (Å²) >= 11 is 0. The fourth-order valence-corrected chi connectivity index (χ4v) is 5.68. The molecule has 5 aromatic rings. The van der Waals surface area contributed by atoms with Crippen LogP contribution >= 0.6 is 0 Å². The zero-order valence-electron chi connectivity index (χ0n) is 24.0. The molecule has 2 aromatic carbocycles. The van der Waals surface area contributed by atoms with Gasteiger partial charge in [-0.05, 0) is 47.9 Å². The van der Waals surface area contributed by atoms with Gasteiger partial charge in [0.05, 0.1) is 49.3 Å². The van der Waals surface area contributed by atoms with Crippen molar-refractivity contribution in [1.82, 2.24) is 34.2 Å². The highest BCUT2D eigenvalue weighted by molar-refractivity contribution is 5.83. The van der Waals surface area contributed by atoms with Gasteiger partial charge < -0.3 is 20.9 Å². The first-order valence-electron chi connectivity index (χ1n) is 14.7. The van der Waals surface area contributed by atoms with Gasteiger partial charge >= 0.3 is 0 Å². The predicted octanol–water partition coefficient (Wildman–Crippen LogP) is 3.21. The number of aliphatic hydroxyl groups excluding tert-OH is 1. The average molecular weight is 598 g/mol. The van der Waals surface area contributed by atoms with Gasteiger partial charge in [0, 0.05) is 43.2 Å². The van der Waals surface area contributed by atoms with Crippen molar-refractivity contribution in [3.05, 3.63) is 82.3 Å². The number of aromatic nitrogens is 6.